The van der Waals surface area contributed by atoms with Crippen molar-refractivity contribution >= 4 is 23.0 Å². The molecule has 140 valence electrons. The van der Waals surface area contributed by atoms with Crippen molar-refractivity contribution in [3.63, 3.8) is 0 Å². The Morgan fingerprint density at radius 1 is 1.08 bits per heavy atom. The summed E-state index contributed by atoms with van der Waals surface area (Å²) in [6.07, 6.45) is 3.55. The van der Waals surface area contributed by atoms with Gasteiger partial charge in [-0.1, -0.05) is 37.6 Å². The number of ether oxygens (including phenoxy) is 2. The lowest BCUT2D eigenvalue weighted by molar-refractivity contribution is 0.347. The second kappa shape index (κ2) is 10.0. The number of hydrogen-bond acceptors (Lipinski definition) is 3. The number of methoxy groups -OCH3 is 2. The van der Waals surface area contributed by atoms with Crippen LogP contribution in [0.25, 0.3) is 0 Å². The lowest BCUT2D eigenvalue weighted by Gasteiger charge is -2.23. The predicted molar refractivity (Wildman–Crippen MR) is 112 cm³/mol. The zero-order chi connectivity index (χ0) is 18.9. The number of para-hydroxylation sites is 1. The number of anilines is 1. The third kappa shape index (κ3) is 5.36. The van der Waals surface area contributed by atoms with Gasteiger partial charge in [0.05, 0.1) is 14.2 Å². The molecule has 1 N–H and O–H groups in total. The molecule has 0 heterocycles. The van der Waals surface area contributed by atoms with Crippen LogP contribution in [-0.2, 0) is 13.0 Å². The molecule has 4 nitrogen and oxygen atoms in total. The van der Waals surface area contributed by atoms with Gasteiger partial charge in [-0.25, -0.2) is 0 Å². The standard InChI is InChI=1S/C21H28N2O2S/c1-5-6-8-16-11-13-18(14-12-16)22-21(26)23(2)15-17-9-7-10-19(24-3)20(17)25-4/h7,9-14H,5-6,8,15H2,1-4H3,(H,22,26). The molecule has 0 saturated carbocycles. The summed E-state index contributed by atoms with van der Waals surface area (Å²) in [5.41, 5.74) is 3.38. The van der Waals surface area contributed by atoms with Crippen LogP contribution in [0, 0.1) is 0 Å². The first kappa shape index (κ1) is 20.0. The summed E-state index contributed by atoms with van der Waals surface area (Å²) >= 11 is 5.54. The number of benzene rings is 2. The minimum atomic E-state index is 0.626. The molecule has 0 aliphatic carbocycles. The van der Waals surface area contributed by atoms with Crippen LogP contribution in [-0.4, -0.2) is 31.3 Å². The van der Waals surface area contributed by atoms with Crippen LogP contribution in [0.3, 0.4) is 0 Å². The molecule has 0 unspecified atom stereocenters. The van der Waals surface area contributed by atoms with Crippen LogP contribution >= 0.6 is 12.2 Å². The fraction of sp³-hybridized carbons (Fsp3) is 0.381. The monoisotopic (exact) mass is 372 g/mol. The summed E-state index contributed by atoms with van der Waals surface area (Å²) in [6, 6.07) is 14.3. The molecule has 0 aliphatic rings. The van der Waals surface area contributed by atoms with Gasteiger partial charge in [-0.3, -0.25) is 0 Å². The van der Waals surface area contributed by atoms with E-state index >= 15 is 0 Å². The molecule has 2 aromatic carbocycles. The number of nitrogens with zero attached hydrogens (tertiary/aromatic N) is 1. The van der Waals surface area contributed by atoms with Gasteiger partial charge in [0.25, 0.3) is 0 Å². The quantitative estimate of drug-likeness (QED) is 0.668. The molecule has 0 saturated heterocycles. The topological polar surface area (TPSA) is 33.7 Å². The van der Waals surface area contributed by atoms with Crippen molar-refractivity contribution in [2.24, 2.45) is 0 Å². The summed E-state index contributed by atoms with van der Waals surface area (Å²) in [6.45, 7) is 2.84. The van der Waals surface area contributed by atoms with Crippen molar-refractivity contribution < 1.29 is 9.47 Å². The molecule has 2 aromatic rings. The predicted octanol–water partition coefficient (Wildman–Crippen LogP) is 4.88. The first-order chi connectivity index (χ1) is 12.6. The maximum Gasteiger partial charge on any atom is 0.173 e. The Morgan fingerprint density at radius 3 is 2.42 bits per heavy atom. The molecular weight excluding hydrogens is 344 g/mol. The van der Waals surface area contributed by atoms with E-state index < -0.39 is 0 Å². The van der Waals surface area contributed by atoms with Crippen molar-refractivity contribution in [3.8, 4) is 11.5 Å². The largest absolute Gasteiger partial charge is 0.493 e. The summed E-state index contributed by atoms with van der Waals surface area (Å²) < 4.78 is 10.9. The van der Waals surface area contributed by atoms with Gasteiger partial charge >= 0.3 is 0 Å². The van der Waals surface area contributed by atoms with Gasteiger partial charge in [-0.05, 0) is 48.8 Å². The maximum atomic E-state index is 5.54. The Labute approximate surface area is 162 Å². The first-order valence-corrected chi connectivity index (χ1v) is 9.30. The second-order valence-corrected chi connectivity index (χ2v) is 6.63. The van der Waals surface area contributed by atoms with E-state index in [4.69, 9.17) is 21.7 Å². The van der Waals surface area contributed by atoms with Gasteiger partial charge in [0.15, 0.2) is 16.6 Å². The molecule has 0 radical (unpaired) electrons. The Hall–Kier alpha value is -2.27. The summed E-state index contributed by atoms with van der Waals surface area (Å²) in [4.78, 5) is 1.98. The van der Waals surface area contributed by atoms with Gasteiger partial charge < -0.3 is 19.7 Å². The molecule has 0 aliphatic heterocycles. The molecule has 0 amide bonds. The second-order valence-electron chi connectivity index (χ2n) is 6.24. The molecule has 0 bridgehead atoms. The maximum absolute atomic E-state index is 5.54. The number of rotatable bonds is 8. The number of nitrogens with one attached hydrogen (secondary N) is 1. The van der Waals surface area contributed by atoms with E-state index in [2.05, 4.69) is 36.5 Å². The van der Waals surface area contributed by atoms with E-state index in [1.54, 1.807) is 14.2 Å². The van der Waals surface area contributed by atoms with Crippen molar-refractivity contribution in [2.75, 3.05) is 26.6 Å². The molecule has 0 atom stereocenters. The molecule has 0 spiro atoms. The lowest BCUT2D eigenvalue weighted by Crippen LogP contribution is -2.30. The van der Waals surface area contributed by atoms with E-state index in [0.717, 1.165) is 29.2 Å². The molecule has 26 heavy (non-hydrogen) atoms. The van der Waals surface area contributed by atoms with E-state index in [1.807, 2.05) is 30.1 Å². The third-order valence-electron chi connectivity index (χ3n) is 4.26. The number of hydrogen-bond donors (Lipinski definition) is 1. The molecule has 5 heteroatoms. The summed E-state index contributed by atoms with van der Waals surface area (Å²) in [5, 5.41) is 3.96. The van der Waals surface area contributed by atoms with Crippen LogP contribution in [0.4, 0.5) is 5.69 Å². The highest BCUT2D eigenvalue weighted by atomic mass is 32.1. The Kier molecular flexibility index (Phi) is 7.73. The first-order valence-electron chi connectivity index (χ1n) is 8.90. The number of thiocarbonyl (C=S) groups is 1. The van der Waals surface area contributed by atoms with Crippen LogP contribution in [0.5, 0.6) is 11.5 Å². The Morgan fingerprint density at radius 2 is 1.81 bits per heavy atom. The van der Waals surface area contributed by atoms with Gasteiger partial charge in [0.1, 0.15) is 0 Å². The summed E-state index contributed by atoms with van der Waals surface area (Å²) in [7, 11) is 5.25. The van der Waals surface area contributed by atoms with E-state index in [9.17, 15) is 0 Å². The smallest absolute Gasteiger partial charge is 0.173 e. The Bertz CT molecular complexity index is 716. The molecule has 0 fully saturated rings. The van der Waals surface area contributed by atoms with Crippen molar-refractivity contribution in [1.82, 2.24) is 4.90 Å². The van der Waals surface area contributed by atoms with Crippen molar-refractivity contribution in [1.29, 1.82) is 0 Å². The third-order valence-corrected chi connectivity index (χ3v) is 4.68. The van der Waals surface area contributed by atoms with Gasteiger partial charge in [0.2, 0.25) is 0 Å². The van der Waals surface area contributed by atoms with E-state index in [-0.39, 0.29) is 0 Å². The SMILES string of the molecule is CCCCc1ccc(NC(=S)N(C)Cc2cccc(OC)c2OC)cc1. The van der Waals surface area contributed by atoms with Crippen LogP contribution in [0.2, 0.25) is 0 Å². The van der Waals surface area contributed by atoms with Crippen molar-refractivity contribution in [2.45, 2.75) is 32.7 Å². The van der Waals surface area contributed by atoms with E-state index in [0.29, 0.717) is 11.7 Å². The number of unbranched alkanes of at least 4 members (excludes halogenated alkanes) is 1. The minimum absolute atomic E-state index is 0.626. The average molecular weight is 373 g/mol. The minimum Gasteiger partial charge on any atom is -0.493 e. The van der Waals surface area contributed by atoms with Crippen molar-refractivity contribution in [3.05, 3.63) is 53.6 Å². The van der Waals surface area contributed by atoms with Crippen LogP contribution in [0.1, 0.15) is 30.9 Å². The van der Waals surface area contributed by atoms with E-state index in [1.165, 1.54) is 18.4 Å². The fourth-order valence-corrected chi connectivity index (χ4v) is 2.94. The average Bonchev–Trinajstić information content (AvgIpc) is 2.67. The summed E-state index contributed by atoms with van der Waals surface area (Å²) in [5.74, 6) is 1.46. The normalized spacial score (nSPS) is 10.3. The Balaban J connectivity index is 1.99. The fourth-order valence-electron chi connectivity index (χ4n) is 2.76. The highest BCUT2D eigenvalue weighted by Crippen LogP contribution is 2.31. The van der Waals surface area contributed by atoms with Crippen LogP contribution < -0.4 is 14.8 Å². The zero-order valence-corrected chi connectivity index (χ0v) is 16.9. The van der Waals surface area contributed by atoms with Gasteiger partial charge in [-0.15, -0.1) is 0 Å². The molecule has 2 rings (SSSR count). The highest BCUT2D eigenvalue weighted by Gasteiger charge is 2.13. The molecular formula is C21H28N2O2S. The number of aryl methyl sites for hydroxylation is 1. The van der Waals surface area contributed by atoms with Crippen LogP contribution in [0.15, 0.2) is 42.5 Å². The van der Waals surface area contributed by atoms with Gasteiger partial charge in [0, 0.05) is 24.8 Å². The molecule has 0 aromatic heterocycles. The highest BCUT2D eigenvalue weighted by molar-refractivity contribution is 7.80. The lowest BCUT2D eigenvalue weighted by atomic mass is 10.1. The zero-order valence-electron chi connectivity index (χ0n) is 16.0. The van der Waals surface area contributed by atoms with Gasteiger partial charge in [-0.2, -0.15) is 0 Å².